The molecule has 0 saturated heterocycles. The second kappa shape index (κ2) is 14.9. The first kappa shape index (κ1) is 41.8. The van der Waals surface area contributed by atoms with Gasteiger partial charge in [0.1, 0.15) is 17.2 Å². The Labute approximate surface area is 328 Å². The van der Waals surface area contributed by atoms with Gasteiger partial charge in [0, 0.05) is 39.0 Å². The summed E-state index contributed by atoms with van der Waals surface area (Å²) < 4.78 is 19.1. The number of benzene rings is 3. The number of hydrogen-bond acceptors (Lipinski definition) is 4. The summed E-state index contributed by atoms with van der Waals surface area (Å²) in [6.07, 6.45) is 5.61. The largest absolute Gasteiger partial charge is 0.496 e. The van der Waals surface area contributed by atoms with Crippen LogP contribution in [0.3, 0.4) is 0 Å². The zero-order valence-electron chi connectivity index (χ0n) is 36.4. The highest BCUT2D eigenvalue weighted by Gasteiger charge is 2.41. The van der Waals surface area contributed by atoms with E-state index in [1.165, 1.54) is 38.4 Å². The molecule has 5 heteroatoms. The fraction of sp³-hybridized carbons (Fsp3) is 0.531. The third-order valence-electron chi connectivity index (χ3n) is 11.5. The molecule has 0 heterocycles. The number of carbonyl (C=O) groups excluding carboxylic acids is 1. The monoisotopic (exact) mass is 750 g/mol. The zero-order valence-corrected chi connectivity index (χ0v) is 37.3. The van der Waals surface area contributed by atoms with Gasteiger partial charge in [-0.1, -0.05) is 133 Å². The SMILES string of the molecule is COc1c(C(C)(C)C)cc(P(c2cc(C(C)(C)C)c(OC)c(C(C)(C)C)c2)c2ccccc2OC(=O)C2=C[C@H]3C[C@H](C(C)C)[C@@H]2C=C3C)cc1C(C)(C)C. The number of rotatable bonds is 8. The Kier molecular flexibility index (Phi) is 11.6. The second-order valence-corrected chi connectivity index (χ2v) is 22.3. The molecule has 0 N–H and O–H groups in total. The normalized spacial score (nSPS) is 19.2. The van der Waals surface area contributed by atoms with Gasteiger partial charge in [-0.2, -0.15) is 0 Å². The van der Waals surface area contributed by atoms with Gasteiger partial charge in [-0.15, -0.1) is 0 Å². The van der Waals surface area contributed by atoms with Crippen LogP contribution in [-0.4, -0.2) is 20.2 Å². The van der Waals surface area contributed by atoms with E-state index in [0.717, 1.165) is 28.8 Å². The first-order valence-electron chi connectivity index (χ1n) is 19.9. The minimum Gasteiger partial charge on any atom is -0.496 e. The number of ether oxygens (including phenoxy) is 3. The van der Waals surface area contributed by atoms with Crippen LogP contribution >= 0.6 is 7.92 Å². The molecule has 0 aliphatic heterocycles. The van der Waals surface area contributed by atoms with E-state index in [1.807, 2.05) is 12.1 Å². The minimum atomic E-state index is -1.26. The molecule has 6 rings (SSSR count). The summed E-state index contributed by atoms with van der Waals surface area (Å²) in [5, 5.41) is 3.41. The van der Waals surface area contributed by atoms with Gasteiger partial charge in [0.15, 0.2) is 0 Å². The topological polar surface area (TPSA) is 44.8 Å². The van der Waals surface area contributed by atoms with Crippen LogP contribution in [0.15, 0.2) is 71.8 Å². The van der Waals surface area contributed by atoms with Crippen molar-refractivity contribution in [2.75, 3.05) is 14.2 Å². The van der Waals surface area contributed by atoms with Crippen LogP contribution < -0.4 is 30.1 Å². The second-order valence-electron chi connectivity index (χ2n) is 20.1. The highest BCUT2D eigenvalue weighted by atomic mass is 31.1. The third-order valence-corrected chi connectivity index (χ3v) is 13.9. The molecule has 4 nitrogen and oxygen atoms in total. The van der Waals surface area contributed by atoms with Gasteiger partial charge in [-0.05, 0) is 102 Å². The molecule has 0 amide bonds. The van der Waals surface area contributed by atoms with Gasteiger partial charge in [0.25, 0.3) is 0 Å². The fourth-order valence-electron chi connectivity index (χ4n) is 8.36. The molecule has 3 aliphatic carbocycles. The van der Waals surface area contributed by atoms with Gasteiger partial charge in [-0.25, -0.2) is 4.79 Å². The Morgan fingerprint density at radius 2 is 1.11 bits per heavy atom. The van der Waals surface area contributed by atoms with E-state index in [4.69, 9.17) is 14.2 Å². The quantitative estimate of drug-likeness (QED) is 0.0995. The van der Waals surface area contributed by atoms with Crippen LogP contribution in [0.4, 0.5) is 0 Å². The van der Waals surface area contributed by atoms with Crippen LogP contribution in [0.1, 0.15) is 133 Å². The summed E-state index contributed by atoms with van der Waals surface area (Å²) in [6.45, 7) is 33.9. The van der Waals surface area contributed by atoms with Crippen LogP contribution in [0.5, 0.6) is 17.2 Å². The summed E-state index contributed by atoms with van der Waals surface area (Å²) in [4.78, 5) is 14.4. The van der Waals surface area contributed by atoms with Crippen molar-refractivity contribution in [2.45, 2.75) is 132 Å². The van der Waals surface area contributed by atoms with Crippen molar-refractivity contribution in [1.82, 2.24) is 0 Å². The molecule has 3 aromatic carbocycles. The standard InChI is InChI=1S/C49H67O4P/c1-29(2)34-23-31-24-36(35(34)22-30(31)3)45(50)53-41-20-18-19-21-42(41)54(32-25-37(46(4,5)6)43(51-16)38(26-32)47(7,8)9)33-27-39(48(10,11)12)44(52-17)40(28-33)49(13,14)15/h18-22,24-29,31,34-35H,23H2,1-17H3/t31-,34-,35+/m1/s1. The number of hydrogen-bond donors (Lipinski definition) is 0. The van der Waals surface area contributed by atoms with E-state index in [9.17, 15) is 4.79 Å². The number of para-hydroxylation sites is 1. The number of carbonyl (C=O) groups is 1. The van der Waals surface area contributed by atoms with Crippen molar-refractivity contribution in [3.63, 3.8) is 0 Å². The number of methoxy groups -OCH3 is 2. The van der Waals surface area contributed by atoms with Crippen molar-refractivity contribution < 1.29 is 19.0 Å². The van der Waals surface area contributed by atoms with Gasteiger partial charge in [-0.3, -0.25) is 0 Å². The van der Waals surface area contributed by atoms with E-state index in [0.29, 0.717) is 17.6 Å². The summed E-state index contributed by atoms with van der Waals surface area (Å²) >= 11 is 0. The Bertz CT molecular complexity index is 1800. The molecule has 3 atom stereocenters. The summed E-state index contributed by atoms with van der Waals surface area (Å²) in [7, 11) is 2.33. The molecule has 54 heavy (non-hydrogen) atoms. The van der Waals surface area contributed by atoms with Crippen molar-refractivity contribution in [3.05, 3.63) is 94.1 Å². The third kappa shape index (κ3) is 8.26. The predicted molar refractivity (Wildman–Crippen MR) is 230 cm³/mol. The van der Waals surface area contributed by atoms with E-state index < -0.39 is 7.92 Å². The van der Waals surface area contributed by atoms with Crippen LogP contribution in [-0.2, 0) is 26.5 Å². The van der Waals surface area contributed by atoms with Crippen molar-refractivity contribution in [1.29, 1.82) is 0 Å². The van der Waals surface area contributed by atoms with Gasteiger partial charge in [0.2, 0.25) is 0 Å². The molecule has 0 spiro atoms. The molecule has 0 aromatic heterocycles. The highest BCUT2D eigenvalue weighted by molar-refractivity contribution is 7.80. The molecule has 0 unspecified atom stereocenters. The smallest absolute Gasteiger partial charge is 0.339 e. The summed E-state index contributed by atoms with van der Waals surface area (Å²) in [5.41, 5.74) is 6.09. The van der Waals surface area contributed by atoms with Gasteiger partial charge >= 0.3 is 5.97 Å². The molecule has 0 saturated carbocycles. The Balaban J connectivity index is 1.82. The van der Waals surface area contributed by atoms with E-state index in [1.54, 1.807) is 14.2 Å². The van der Waals surface area contributed by atoms with Crippen molar-refractivity contribution in [2.24, 2.45) is 23.7 Å². The maximum absolute atomic E-state index is 14.4. The summed E-state index contributed by atoms with van der Waals surface area (Å²) in [5.74, 6) is 3.53. The van der Waals surface area contributed by atoms with Crippen LogP contribution in [0.2, 0.25) is 0 Å². The fourth-order valence-corrected chi connectivity index (χ4v) is 10.8. The van der Waals surface area contributed by atoms with E-state index in [-0.39, 0.29) is 39.5 Å². The number of allylic oxidation sites excluding steroid dienone is 3. The van der Waals surface area contributed by atoms with Gasteiger partial charge in [0.05, 0.1) is 14.2 Å². The first-order valence-corrected chi connectivity index (χ1v) is 21.2. The van der Waals surface area contributed by atoms with E-state index in [2.05, 4.69) is 152 Å². The average Bonchev–Trinajstić information content (AvgIpc) is 3.06. The van der Waals surface area contributed by atoms with Crippen molar-refractivity contribution in [3.8, 4) is 17.2 Å². The average molecular weight is 751 g/mol. The molecule has 0 radical (unpaired) electrons. The molecule has 292 valence electrons. The number of fused-ring (bicyclic) bond motifs is 1. The maximum atomic E-state index is 14.4. The Morgan fingerprint density at radius 3 is 1.48 bits per heavy atom. The summed E-state index contributed by atoms with van der Waals surface area (Å²) in [6, 6.07) is 17.7. The van der Waals surface area contributed by atoms with Crippen molar-refractivity contribution >= 4 is 29.8 Å². The predicted octanol–water partition coefficient (Wildman–Crippen LogP) is 11.4. The Morgan fingerprint density at radius 1 is 0.685 bits per heavy atom. The Hall–Kier alpha value is -3.36. The lowest BCUT2D eigenvalue weighted by atomic mass is 9.63. The lowest BCUT2D eigenvalue weighted by molar-refractivity contribution is -0.131. The molecular weight excluding hydrogens is 684 g/mol. The lowest BCUT2D eigenvalue weighted by Crippen LogP contribution is -2.36. The lowest BCUT2D eigenvalue weighted by Gasteiger charge is -2.41. The molecule has 2 bridgehead atoms. The van der Waals surface area contributed by atoms with Crippen LogP contribution in [0.25, 0.3) is 0 Å². The van der Waals surface area contributed by atoms with Gasteiger partial charge < -0.3 is 14.2 Å². The van der Waals surface area contributed by atoms with Crippen LogP contribution in [0, 0.1) is 23.7 Å². The van der Waals surface area contributed by atoms with E-state index >= 15 is 0 Å². The molecule has 3 aromatic rings. The molecule has 0 fully saturated rings. The maximum Gasteiger partial charge on any atom is 0.339 e. The highest BCUT2D eigenvalue weighted by Crippen LogP contribution is 2.49. The number of esters is 1. The zero-order chi connectivity index (χ0) is 40.3. The minimum absolute atomic E-state index is 0.0757. The first-order chi connectivity index (χ1) is 24.9. The molecule has 3 aliphatic rings. The molecular formula is C49H67O4P.